The predicted octanol–water partition coefficient (Wildman–Crippen LogP) is 3.79. The predicted molar refractivity (Wildman–Crippen MR) is 90.8 cm³/mol. The van der Waals surface area contributed by atoms with Crippen molar-refractivity contribution in [3.63, 3.8) is 0 Å². The Morgan fingerprint density at radius 2 is 1.82 bits per heavy atom. The summed E-state index contributed by atoms with van der Waals surface area (Å²) < 4.78 is 0. The Bertz CT molecular complexity index is 637. The van der Waals surface area contributed by atoms with Gasteiger partial charge in [0.05, 0.1) is 0 Å². The largest absolute Gasteiger partial charge is 0.384 e. The summed E-state index contributed by atoms with van der Waals surface area (Å²) in [6.45, 7) is 6.92. The van der Waals surface area contributed by atoms with E-state index in [0.717, 1.165) is 31.5 Å². The average Bonchev–Trinajstić information content (AvgIpc) is 2.51. The summed E-state index contributed by atoms with van der Waals surface area (Å²) in [7, 11) is 0. The second-order valence-corrected chi connectivity index (χ2v) is 6.63. The van der Waals surface area contributed by atoms with Gasteiger partial charge >= 0.3 is 0 Å². The van der Waals surface area contributed by atoms with Crippen LogP contribution in [0.25, 0.3) is 0 Å². The van der Waals surface area contributed by atoms with Crippen LogP contribution in [-0.4, -0.2) is 23.1 Å². The number of aliphatic hydroxyl groups is 1. The number of β-amino-alcohol motifs (C(OH)–C–C–N with tert-alkyl or cyclic N) is 1. The highest BCUT2D eigenvalue weighted by atomic mass is 16.3. The third-order valence-electron chi connectivity index (χ3n) is 4.84. The van der Waals surface area contributed by atoms with E-state index >= 15 is 0 Å². The van der Waals surface area contributed by atoms with E-state index in [9.17, 15) is 5.11 Å². The number of aryl methyl sites for hydroxylation is 2. The molecule has 116 valence electrons. The molecule has 1 N–H and O–H groups in total. The number of benzene rings is 2. The molecule has 22 heavy (non-hydrogen) atoms. The van der Waals surface area contributed by atoms with Crippen molar-refractivity contribution in [1.82, 2.24) is 4.90 Å². The van der Waals surface area contributed by atoms with Crippen LogP contribution in [0.4, 0.5) is 0 Å². The number of hydrogen-bond donors (Lipinski definition) is 1. The molecule has 0 radical (unpaired) electrons. The molecule has 2 aromatic carbocycles. The molecule has 2 nitrogen and oxygen atoms in total. The zero-order chi connectivity index (χ0) is 15.6. The first-order chi connectivity index (χ1) is 10.6. The van der Waals surface area contributed by atoms with Gasteiger partial charge in [0.1, 0.15) is 5.60 Å². The molecule has 0 amide bonds. The van der Waals surface area contributed by atoms with Crippen LogP contribution in [0.1, 0.15) is 35.1 Å². The van der Waals surface area contributed by atoms with E-state index in [2.05, 4.69) is 61.2 Å². The Balaban J connectivity index is 1.77. The molecule has 1 saturated heterocycles. The number of rotatable bonds is 3. The molecule has 1 aliphatic rings. The van der Waals surface area contributed by atoms with Crippen molar-refractivity contribution in [3.8, 4) is 0 Å². The van der Waals surface area contributed by atoms with Crippen molar-refractivity contribution in [2.75, 3.05) is 13.1 Å². The molecule has 2 aromatic rings. The van der Waals surface area contributed by atoms with Crippen LogP contribution in [0.3, 0.4) is 0 Å². The zero-order valence-corrected chi connectivity index (χ0v) is 13.5. The second kappa shape index (κ2) is 6.23. The van der Waals surface area contributed by atoms with Gasteiger partial charge in [-0.3, -0.25) is 4.90 Å². The Labute approximate surface area is 133 Å². The number of likely N-dealkylation sites (tertiary alicyclic amines) is 1. The van der Waals surface area contributed by atoms with E-state index in [1.54, 1.807) is 0 Å². The standard InChI is InChI=1S/C20H25NO/c1-16-9-10-19(13-17(16)2)20(22)11-6-12-21(15-20)14-18-7-4-3-5-8-18/h3-5,7-10,13,22H,6,11-12,14-15H2,1-2H3. The van der Waals surface area contributed by atoms with Crippen LogP contribution < -0.4 is 0 Å². The number of nitrogens with zero attached hydrogens (tertiary/aromatic N) is 1. The average molecular weight is 295 g/mol. The van der Waals surface area contributed by atoms with E-state index in [0.29, 0.717) is 6.54 Å². The Kier molecular flexibility index (Phi) is 4.32. The van der Waals surface area contributed by atoms with Crippen LogP contribution in [0, 0.1) is 13.8 Å². The normalized spacial score (nSPS) is 22.7. The smallest absolute Gasteiger partial charge is 0.102 e. The first-order valence-corrected chi connectivity index (χ1v) is 8.13. The second-order valence-electron chi connectivity index (χ2n) is 6.63. The van der Waals surface area contributed by atoms with Gasteiger partial charge in [0.15, 0.2) is 0 Å². The first kappa shape index (κ1) is 15.3. The van der Waals surface area contributed by atoms with Crippen molar-refractivity contribution in [3.05, 3.63) is 70.8 Å². The topological polar surface area (TPSA) is 23.5 Å². The van der Waals surface area contributed by atoms with Gasteiger partial charge in [-0.15, -0.1) is 0 Å². The maximum atomic E-state index is 11.2. The summed E-state index contributed by atoms with van der Waals surface area (Å²) in [5, 5.41) is 11.2. The summed E-state index contributed by atoms with van der Waals surface area (Å²) in [5.74, 6) is 0. The molecule has 1 aliphatic heterocycles. The van der Waals surface area contributed by atoms with E-state index in [1.165, 1.54) is 16.7 Å². The highest BCUT2D eigenvalue weighted by molar-refractivity contribution is 5.34. The fourth-order valence-corrected chi connectivity index (χ4v) is 3.37. The Morgan fingerprint density at radius 1 is 1.05 bits per heavy atom. The lowest BCUT2D eigenvalue weighted by molar-refractivity contribution is -0.0381. The molecule has 3 rings (SSSR count). The lowest BCUT2D eigenvalue weighted by atomic mass is 9.84. The van der Waals surface area contributed by atoms with Gasteiger partial charge in [-0.2, -0.15) is 0 Å². The van der Waals surface area contributed by atoms with E-state index in [4.69, 9.17) is 0 Å². The zero-order valence-electron chi connectivity index (χ0n) is 13.5. The monoisotopic (exact) mass is 295 g/mol. The van der Waals surface area contributed by atoms with Gasteiger partial charge < -0.3 is 5.11 Å². The number of hydrogen-bond acceptors (Lipinski definition) is 2. The summed E-state index contributed by atoms with van der Waals surface area (Å²) in [6, 6.07) is 16.9. The molecule has 0 aromatic heterocycles. The Morgan fingerprint density at radius 3 is 2.55 bits per heavy atom. The van der Waals surface area contributed by atoms with Crippen LogP contribution in [0.2, 0.25) is 0 Å². The van der Waals surface area contributed by atoms with Gasteiger partial charge in [0, 0.05) is 13.1 Å². The van der Waals surface area contributed by atoms with Gasteiger partial charge in [-0.25, -0.2) is 0 Å². The van der Waals surface area contributed by atoms with Gasteiger partial charge in [0.25, 0.3) is 0 Å². The number of piperidine rings is 1. The van der Waals surface area contributed by atoms with E-state index in [-0.39, 0.29) is 0 Å². The summed E-state index contributed by atoms with van der Waals surface area (Å²) in [5.41, 5.74) is 4.20. The molecule has 0 spiro atoms. The minimum absolute atomic E-state index is 0.713. The quantitative estimate of drug-likeness (QED) is 0.931. The lowest BCUT2D eigenvalue weighted by Gasteiger charge is -2.40. The minimum atomic E-state index is -0.717. The molecular formula is C20H25NO. The first-order valence-electron chi connectivity index (χ1n) is 8.13. The molecule has 2 heteroatoms. The highest BCUT2D eigenvalue weighted by Crippen LogP contribution is 2.33. The highest BCUT2D eigenvalue weighted by Gasteiger charge is 2.34. The molecule has 1 heterocycles. The van der Waals surface area contributed by atoms with E-state index < -0.39 is 5.60 Å². The maximum absolute atomic E-state index is 11.2. The van der Waals surface area contributed by atoms with Crippen LogP contribution >= 0.6 is 0 Å². The molecule has 0 bridgehead atoms. The van der Waals surface area contributed by atoms with Gasteiger partial charge in [0.2, 0.25) is 0 Å². The van der Waals surface area contributed by atoms with E-state index in [1.807, 2.05) is 6.07 Å². The summed E-state index contributed by atoms with van der Waals surface area (Å²) in [4.78, 5) is 2.37. The van der Waals surface area contributed by atoms with Crippen LogP contribution in [0.5, 0.6) is 0 Å². The Hall–Kier alpha value is -1.64. The van der Waals surface area contributed by atoms with Crippen molar-refractivity contribution in [2.45, 2.75) is 38.8 Å². The minimum Gasteiger partial charge on any atom is -0.384 e. The molecular weight excluding hydrogens is 270 g/mol. The van der Waals surface area contributed by atoms with Crippen molar-refractivity contribution >= 4 is 0 Å². The maximum Gasteiger partial charge on any atom is 0.102 e. The van der Waals surface area contributed by atoms with Gasteiger partial charge in [-0.1, -0.05) is 48.5 Å². The van der Waals surface area contributed by atoms with Crippen molar-refractivity contribution in [2.24, 2.45) is 0 Å². The molecule has 1 fully saturated rings. The van der Waals surface area contributed by atoms with Crippen LogP contribution in [0.15, 0.2) is 48.5 Å². The van der Waals surface area contributed by atoms with Crippen molar-refractivity contribution < 1.29 is 5.11 Å². The fourth-order valence-electron chi connectivity index (χ4n) is 3.37. The van der Waals surface area contributed by atoms with Crippen LogP contribution in [-0.2, 0) is 12.1 Å². The van der Waals surface area contributed by atoms with Gasteiger partial charge in [-0.05, 0) is 55.5 Å². The lowest BCUT2D eigenvalue weighted by Crippen LogP contribution is -2.45. The summed E-state index contributed by atoms with van der Waals surface area (Å²) >= 11 is 0. The molecule has 0 saturated carbocycles. The molecule has 1 unspecified atom stereocenters. The third-order valence-corrected chi connectivity index (χ3v) is 4.84. The SMILES string of the molecule is Cc1ccc(C2(O)CCCN(Cc3ccccc3)C2)cc1C. The summed E-state index contributed by atoms with van der Waals surface area (Å²) in [6.07, 6.45) is 1.89. The molecule has 1 atom stereocenters. The molecule has 0 aliphatic carbocycles. The third kappa shape index (κ3) is 3.23. The van der Waals surface area contributed by atoms with Crippen molar-refractivity contribution in [1.29, 1.82) is 0 Å². The fraction of sp³-hybridized carbons (Fsp3) is 0.400.